The number of nitrogens with zero attached hydrogens (tertiary/aromatic N) is 4. The molecular formula is C63H38N4O2. The number of rotatable bonds is 7. The Hall–Kier alpha value is -9.39. The van der Waals surface area contributed by atoms with E-state index in [1.54, 1.807) is 0 Å². The van der Waals surface area contributed by atoms with E-state index in [0.29, 0.717) is 17.5 Å². The van der Waals surface area contributed by atoms with E-state index in [0.717, 1.165) is 88.4 Å². The quantitative estimate of drug-likeness (QED) is 0.159. The van der Waals surface area contributed by atoms with E-state index >= 15 is 0 Å². The van der Waals surface area contributed by atoms with Gasteiger partial charge >= 0.3 is 0 Å². The Morgan fingerprint density at radius 1 is 0.246 bits per heavy atom. The molecule has 0 atom stereocenters. The zero-order valence-corrected chi connectivity index (χ0v) is 37.0. The molecule has 0 radical (unpaired) electrons. The minimum Gasteiger partial charge on any atom is -0.456 e. The van der Waals surface area contributed by atoms with Gasteiger partial charge in [0.2, 0.25) is 0 Å². The summed E-state index contributed by atoms with van der Waals surface area (Å²) >= 11 is 0. The number of benzene rings is 10. The highest BCUT2D eigenvalue weighted by Crippen LogP contribution is 2.41. The monoisotopic (exact) mass is 882 g/mol. The fourth-order valence-electron chi connectivity index (χ4n) is 10.0. The molecule has 0 saturated heterocycles. The first kappa shape index (κ1) is 38.8. The van der Waals surface area contributed by atoms with Crippen molar-refractivity contribution in [3.8, 4) is 73.2 Å². The van der Waals surface area contributed by atoms with E-state index < -0.39 is 0 Å². The summed E-state index contributed by atoms with van der Waals surface area (Å²) in [4.78, 5) is 14.8. The first-order chi connectivity index (χ1) is 34.1. The van der Waals surface area contributed by atoms with Crippen molar-refractivity contribution >= 4 is 65.7 Å². The summed E-state index contributed by atoms with van der Waals surface area (Å²) in [6.07, 6.45) is 0. The summed E-state index contributed by atoms with van der Waals surface area (Å²) in [6.45, 7) is 0. The molecule has 4 aromatic heterocycles. The standard InChI is InChI=1S/C63H38N4O2/c1-5-13-39(14-6-1)43-23-29-55-51(33-43)52-34-44(40-15-7-2-8-16-40)24-30-56(52)67(55)48-26-32-58-54(38-48)50-27-21-46(36-59(50)69-58)45-25-31-57-53(35-45)49-28-22-47(37-60(49)68-57)63-65-61(41-17-9-3-10-18-41)64-62(66-63)42-19-11-4-12-20-42/h1-38H. The van der Waals surface area contributed by atoms with Crippen LogP contribution in [0.2, 0.25) is 0 Å². The molecule has 6 heteroatoms. The highest BCUT2D eigenvalue weighted by molar-refractivity contribution is 6.13. The van der Waals surface area contributed by atoms with Crippen molar-refractivity contribution in [3.05, 3.63) is 231 Å². The van der Waals surface area contributed by atoms with E-state index in [4.69, 9.17) is 23.8 Å². The van der Waals surface area contributed by atoms with Gasteiger partial charge in [-0.2, -0.15) is 0 Å². The molecule has 0 N–H and O–H groups in total. The third-order valence-electron chi connectivity index (χ3n) is 13.5. The molecule has 0 aliphatic rings. The molecular weight excluding hydrogens is 845 g/mol. The van der Waals surface area contributed by atoms with Crippen LogP contribution < -0.4 is 0 Å². The van der Waals surface area contributed by atoms with Crippen LogP contribution in [0.1, 0.15) is 0 Å². The van der Waals surface area contributed by atoms with Crippen LogP contribution in [0, 0.1) is 0 Å². The van der Waals surface area contributed by atoms with E-state index in [9.17, 15) is 0 Å². The Balaban J connectivity index is 0.833. The second kappa shape index (κ2) is 15.6. The summed E-state index contributed by atoms with van der Waals surface area (Å²) in [5.74, 6) is 1.82. The first-order valence-electron chi connectivity index (χ1n) is 23.1. The lowest BCUT2D eigenvalue weighted by atomic mass is 10.0. The predicted octanol–water partition coefficient (Wildman–Crippen LogP) is 16.8. The molecule has 14 rings (SSSR count). The molecule has 0 bridgehead atoms. The maximum Gasteiger partial charge on any atom is 0.164 e. The fourth-order valence-corrected chi connectivity index (χ4v) is 10.0. The van der Waals surface area contributed by atoms with Crippen LogP contribution in [0.5, 0.6) is 0 Å². The van der Waals surface area contributed by atoms with Crippen LogP contribution in [-0.4, -0.2) is 19.5 Å². The minimum absolute atomic E-state index is 0.585. The van der Waals surface area contributed by atoms with E-state index in [1.165, 1.54) is 33.0 Å². The molecule has 322 valence electrons. The Labute approximate surface area is 396 Å². The third kappa shape index (κ3) is 6.61. The molecule has 0 amide bonds. The van der Waals surface area contributed by atoms with Crippen molar-refractivity contribution in [3.63, 3.8) is 0 Å². The average molecular weight is 883 g/mol. The first-order valence-corrected chi connectivity index (χ1v) is 23.1. The molecule has 4 heterocycles. The third-order valence-corrected chi connectivity index (χ3v) is 13.5. The maximum absolute atomic E-state index is 6.62. The summed E-state index contributed by atoms with van der Waals surface area (Å²) in [5, 5.41) is 6.62. The molecule has 69 heavy (non-hydrogen) atoms. The number of hydrogen-bond acceptors (Lipinski definition) is 5. The lowest BCUT2D eigenvalue weighted by molar-refractivity contribution is 0.669. The number of aromatic nitrogens is 4. The van der Waals surface area contributed by atoms with Gasteiger partial charge in [-0.3, -0.25) is 0 Å². The Morgan fingerprint density at radius 2 is 0.623 bits per heavy atom. The van der Waals surface area contributed by atoms with Crippen LogP contribution in [-0.2, 0) is 0 Å². The molecule has 0 unspecified atom stereocenters. The van der Waals surface area contributed by atoms with E-state index in [1.807, 2.05) is 66.7 Å². The van der Waals surface area contributed by atoms with Crippen LogP contribution in [0.4, 0.5) is 0 Å². The van der Waals surface area contributed by atoms with E-state index in [-0.39, 0.29) is 0 Å². The van der Waals surface area contributed by atoms with Gasteiger partial charge in [0, 0.05) is 54.7 Å². The smallest absolute Gasteiger partial charge is 0.164 e. The van der Waals surface area contributed by atoms with Gasteiger partial charge in [0.1, 0.15) is 22.3 Å². The molecule has 0 spiro atoms. The van der Waals surface area contributed by atoms with Crippen LogP contribution >= 0.6 is 0 Å². The van der Waals surface area contributed by atoms with Crippen molar-refractivity contribution in [2.24, 2.45) is 0 Å². The zero-order chi connectivity index (χ0) is 45.4. The molecule has 0 saturated carbocycles. The lowest BCUT2D eigenvalue weighted by Crippen LogP contribution is -2.00. The second-order valence-electron chi connectivity index (χ2n) is 17.6. The normalized spacial score (nSPS) is 11.8. The van der Waals surface area contributed by atoms with Crippen molar-refractivity contribution in [2.45, 2.75) is 0 Å². The van der Waals surface area contributed by atoms with Crippen molar-refractivity contribution in [2.75, 3.05) is 0 Å². The average Bonchev–Trinajstić information content (AvgIpc) is 4.09. The highest BCUT2D eigenvalue weighted by Gasteiger charge is 2.19. The van der Waals surface area contributed by atoms with Crippen molar-refractivity contribution in [1.82, 2.24) is 19.5 Å². The molecule has 0 fully saturated rings. The van der Waals surface area contributed by atoms with Gasteiger partial charge in [-0.1, -0.05) is 152 Å². The SMILES string of the molecule is c1ccc(-c2ccc3c(c2)c2cc(-c4ccccc4)ccc2n3-c2ccc3oc4cc(-c5ccc6oc7cc(-c8nc(-c9ccccc9)nc(-c9ccccc9)n8)ccc7c6c5)ccc4c3c2)cc1. The Kier molecular flexibility index (Phi) is 8.79. The summed E-state index contributed by atoms with van der Waals surface area (Å²) in [7, 11) is 0. The summed E-state index contributed by atoms with van der Waals surface area (Å²) < 4.78 is 15.5. The highest BCUT2D eigenvalue weighted by atomic mass is 16.3. The van der Waals surface area contributed by atoms with Gasteiger partial charge in [-0.05, 0) is 112 Å². The Bertz CT molecular complexity index is 4130. The van der Waals surface area contributed by atoms with Gasteiger partial charge < -0.3 is 13.4 Å². The van der Waals surface area contributed by atoms with Crippen molar-refractivity contribution < 1.29 is 8.83 Å². The summed E-state index contributed by atoms with van der Waals surface area (Å²) in [5.41, 5.74) is 16.3. The number of fused-ring (bicyclic) bond motifs is 9. The van der Waals surface area contributed by atoms with Gasteiger partial charge in [0.15, 0.2) is 17.5 Å². The van der Waals surface area contributed by atoms with Gasteiger partial charge in [0.05, 0.1) is 11.0 Å². The fraction of sp³-hybridized carbons (Fsp3) is 0. The largest absolute Gasteiger partial charge is 0.456 e. The van der Waals surface area contributed by atoms with Crippen molar-refractivity contribution in [1.29, 1.82) is 0 Å². The van der Waals surface area contributed by atoms with Crippen LogP contribution in [0.15, 0.2) is 239 Å². The van der Waals surface area contributed by atoms with Gasteiger partial charge in [-0.25, -0.2) is 15.0 Å². The second-order valence-corrected chi connectivity index (χ2v) is 17.6. The number of hydrogen-bond donors (Lipinski definition) is 0. The van der Waals surface area contributed by atoms with Gasteiger partial charge in [0.25, 0.3) is 0 Å². The van der Waals surface area contributed by atoms with E-state index in [2.05, 4.69) is 168 Å². The predicted molar refractivity (Wildman–Crippen MR) is 281 cm³/mol. The minimum atomic E-state index is 0.585. The summed E-state index contributed by atoms with van der Waals surface area (Å²) in [6, 6.07) is 80.7. The lowest BCUT2D eigenvalue weighted by Gasteiger charge is -2.09. The molecule has 6 nitrogen and oxygen atoms in total. The van der Waals surface area contributed by atoms with Crippen LogP contribution in [0.25, 0.3) is 139 Å². The molecule has 14 aromatic rings. The molecule has 10 aromatic carbocycles. The molecule has 0 aliphatic heterocycles. The van der Waals surface area contributed by atoms with Crippen LogP contribution in [0.3, 0.4) is 0 Å². The zero-order valence-electron chi connectivity index (χ0n) is 37.0. The topological polar surface area (TPSA) is 69.9 Å². The Morgan fingerprint density at radius 3 is 1.16 bits per heavy atom. The van der Waals surface area contributed by atoms with Gasteiger partial charge in [-0.15, -0.1) is 0 Å². The molecule has 0 aliphatic carbocycles. The maximum atomic E-state index is 6.62. The number of furan rings is 2.